The Morgan fingerprint density at radius 2 is 2.25 bits per heavy atom. The van der Waals surface area contributed by atoms with Gasteiger partial charge >= 0.3 is 0 Å². The normalized spacial score (nSPS) is 19.1. The molecule has 0 bridgehead atoms. The molecule has 0 saturated carbocycles. The summed E-state index contributed by atoms with van der Waals surface area (Å²) in [6.07, 6.45) is 0.334. The van der Waals surface area contributed by atoms with Gasteiger partial charge in [-0.2, -0.15) is 0 Å². The van der Waals surface area contributed by atoms with Gasteiger partial charge in [-0.3, -0.25) is 10.1 Å². The second kappa shape index (κ2) is 6.60. The van der Waals surface area contributed by atoms with E-state index in [4.69, 9.17) is 4.74 Å². The van der Waals surface area contributed by atoms with E-state index in [0.29, 0.717) is 0 Å². The fraction of sp³-hybridized carbons (Fsp3) is 0.538. The molecule has 2 rings (SSSR count). The molecular weight excluding hydrogens is 270 g/mol. The van der Waals surface area contributed by atoms with E-state index in [1.165, 1.54) is 12.1 Å². The fourth-order valence-corrected chi connectivity index (χ4v) is 2.21. The minimum Gasteiger partial charge on any atom is -0.491 e. The van der Waals surface area contributed by atoms with Crippen LogP contribution in [0.25, 0.3) is 0 Å². The first-order valence-corrected chi connectivity index (χ1v) is 6.50. The maximum atomic E-state index is 12.9. The lowest BCUT2D eigenvalue weighted by Crippen LogP contribution is -2.38. The van der Waals surface area contributed by atoms with Crippen LogP contribution in [0.3, 0.4) is 0 Å². The van der Waals surface area contributed by atoms with Crippen LogP contribution in [-0.2, 0) is 0 Å². The number of hydrogen-bond acceptors (Lipinski definition) is 4. The topological polar surface area (TPSA) is 64.4 Å². The Labute approximate surface area is 115 Å². The van der Waals surface area contributed by atoms with Gasteiger partial charge in [-0.25, -0.2) is 8.78 Å². The highest BCUT2D eigenvalue weighted by Crippen LogP contribution is 2.32. The molecular formula is C13H16F2N2O3. The Kier molecular flexibility index (Phi) is 4.84. The van der Waals surface area contributed by atoms with Gasteiger partial charge in [0.25, 0.3) is 12.1 Å². The molecule has 1 atom stereocenters. The molecule has 1 N–H and O–H groups in total. The largest absolute Gasteiger partial charge is 0.491 e. The summed E-state index contributed by atoms with van der Waals surface area (Å²) in [5.41, 5.74) is -0.793. The van der Waals surface area contributed by atoms with Crippen LogP contribution in [0, 0.1) is 10.1 Å². The number of hydrogen-bond donors (Lipinski definition) is 1. The first kappa shape index (κ1) is 14.6. The molecule has 0 amide bonds. The molecule has 0 radical (unpaired) electrons. The van der Waals surface area contributed by atoms with E-state index in [2.05, 4.69) is 5.32 Å². The molecule has 20 heavy (non-hydrogen) atoms. The van der Waals surface area contributed by atoms with E-state index in [1.807, 2.05) is 0 Å². The number of rotatable bonds is 5. The van der Waals surface area contributed by atoms with Gasteiger partial charge in [0, 0.05) is 18.2 Å². The van der Waals surface area contributed by atoms with E-state index in [1.54, 1.807) is 0 Å². The molecule has 0 aliphatic carbocycles. The van der Waals surface area contributed by atoms with Crippen LogP contribution >= 0.6 is 0 Å². The number of non-ortho nitro benzene ring substituents is 1. The van der Waals surface area contributed by atoms with Crippen molar-refractivity contribution < 1.29 is 18.4 Å². The van der Waals surface area contributed by atoms with Gasteiger partial charge in [0.2, 0.25) is 0 Å². The van der Waals surface area contributed by atoms with Crippen LogP contribution in [0.2, 0.25) is 0 Å². The van der Waals surface area contributed by atoms with E-state index in [-0.39, 0.29) is 24.1 Å². The Balaban J connectivity index is 2.07. The number of nitrogens with zero attached hydrogens (tertiary/aromatic N) is 1. The predicted molar refractivity (Wildman–Crippen MR) is 69.2 cm³/mol. The van der Waals surface area contributed by atoms with Crippen molar-refractivity contribution >= 4 is 5.69 Å². The minimum absolute atomic E-state index is 0.0120. The van der Waals surface area contributed by atoms with E-state index in [0.717, 1.165) is 31.9 Å². The summed E-state index contributed by atoms with van der Waals surface area (Å²) in [7, 11) is 0. The smallest absolute Gasteiger partial charge is 0.270 e. The molecule has 1 aromatic carbocycles. The third-order valence-corrected chi connectivity index (χ3v) is 3.29. The van der Waals surface area contributed by atoms with Gasteiger partial charge in [0.15, 0.2) is 0 Å². The summed E-state index contributed by atoms with van der Waals surface area (Å²) < 4.78 is 31.2. The molecule has 5 nitrogen and oxygen atoms in total. The zero-order chi connectivity index (χ0) is 14.5. The summed E-state index contributed by atoms with van der Waals surface area (Å²) in [5, 5.41) is 13.8. The Morgan fingerprint density at radius 3 is 2.85 bits per heavy atom. The lowest BCUT2D eigenvalue weighted by molar-refractivity contribution is -0.385. The quantitative estimate of drug-likeness (QED) is 0.667. The average molecular weight is 286 g/mol. The van der Waals surface area contributed by atoms with Gasteiger partial charge < -0.3 is 10.1 Å². The molecule has 1 unspecified atom stereocenters. The molecule has 0 spiro atoms. The first-order valence-electron chi connectivity index (χ1n) is 6.50. The number of nitro groups is 1. The van der Waals surface area contributed by atoms with Crippen molar-refractivity contribution in [2.24, 2.45) is 0 Å². The van der Waals surface area contributed by atoms with Crippen LogP contribution in [0.4, 0.5) is 14.5 Å². The first-order chi connectivity index (χ1) is 9.58. The molecule has 1 fully saturated rings. The van der Waals surface area contributed by atoms with Crippen LogP contribution in [0.1, 0.15) is 31.3 Å². The lowest BCUT2D eigenvalue weighted by atomic mass is 10.1. The number of piperidine rings is 1. The van der Waals surface area contributed by atoms with Crippen molar-refractivity contribution in [2.45, 2.75) is 31.7 Å². The fourth-order valence-electron chi connectivity index (χ4n) is 2.21. The van der Waals surface area contributed by atoms with Crippen molar-refractivity contribution in [3.8, 4) is 5.75 Å². The summed E-state index contributed by atoms with van der Waals surface area (Å²) >= 11 is 0. The number of halogens is 2. The molecule has 1 heterocycles. The van der Waals surface area contributed by atoms with Crippen LogP contribution in [-0.4, -0.2) is 24.1 Å². The van der Waals surface area contributed by atoms with Gasteiger partial charge in [0.1, 0.15) is 12.4 Å². The standard InChI is InChI=1S/C13H16F2N2O3/c14-13(15)11-7-10(17(18)19)4-5-12(11)20-8-9-3-1-2-6-16-9/h4-5,7,9,13,16H,1-3,6,8H2. The minimum atomic E-state index is -2.80. The van der Waals surface area contributed by atoms with Crippen molar-refractivity contribution in [1.82, 2.24) is 5.32 Å². The molecule has 7 heteroatoms. The van der Waals surface area contributed by atoms with Crippen molar-refractivity contribution in [3.63, 3.8) is 0 Å². The maximum Gasteiger partial charge on any atom is 0.270 e. The van der Waals surface area contributed by atoms with Gasteiger partial charge in [-0.1, -0.05) is 6.42 Å². The molecule has 1 saturated heterocycles. The number of benzene rings is 1. The maximum absolute atomic E-state index is 12.9. The van der Waals surface area contributed by atoms with Crippen LogP contribution < -0.4 is 10.1 Å². The van der Waals surface area contributed by atoms with Crippen LogP contribution in [0.5, 0.6) is 5.75 Å². The van der Waals surface area contributed by atoms with Crippen molar-refractivity contribution in [3.05, 3.63) is 33.9 Å². The number of alkyl halides is 2. The predicted octanol–water partition coefficient (Wildman–Crippen LogP) is 3.05. The number of ether oxygens (including phenoxy) is 1. The zero-order valence-corrected chi connectivity index (χ0v) is 10.9. The van der Waals surface area contributed by atoms with Gasteiger partial charge in [-0.15, -0.1) is 0 Å². The lowest BCUT2D eigenvalue weighted by Gasteiger charge is -2.24. The number of nitrogens with one attached hydrogen (secondary N) is 1. The highest BCUT2D eigenvalue weighted by atomic mass is 19.3. The summed E-state index contributed by atoms with van der Waals surface area (Å²) in [6, 6.07) is 3.43. The Bertz CT molecular complexity index is 477. The zero-order valence-electron chi connectivity index (χ0n) is 10.9. The third kappa shape index (κ3) is 3.63. The van der Waals surface area contributed by atoms with E-state index in [9.17, 15) is 18.9 Å². The number of nitro benzene ring substituents is 1. The Hall–Kier alpha value is -1.76. The SMILES string of the molecule is O=[N+]([O-])c1ccc(OCC2CCCCN2)c(C(F)F)c1. The summed E-state index contributed by atoms with van der Waals surface area (Å²) in [4.78, 5) is 9.91. The van der Waals surface area contributed by atoms with E-state index < -0.39 is 16.9 Å². The molecule has 1 aliphatic heterocycles. The second-order valence-electron chi connectivity index (χ2n) is 4.74. The van der Waals surface area contributed by atoms with Crippen molar-refractivity contribution in [2.75, 3.05) is 13.2 Å². The van der Waals surface area contributed by atoms with E-state index >= 15 is 0 Å². The third-order valence-electron chi connectivity index (χ3n) is 3.29. The average Bonchev–Trinajstić information content (AvgIpc) is 2.45. The molecule has 110 valence electrons. The summed E-state index contributed by atoms with van der Waals surface area (Å²) in [5.74, 6) is 0.0120. The monoisotopic (exact) mass is 286 g/mol. The van der Waals surface area contributed by atoms with Gasteiger partial charge in [0.05, 0.1) is 10.5 Å². The summed E-state index contributed by atoms with van der Waals surface area (Å²) in [6.45, 7) is 1.19. The second-order valence-corrected chi connectivity index (χ2v) is 4.74. The highest BCUT2D eigenvalue weighted by molar-refractivity contribution is 5.44. The molecule has 0 aromatic heterocycles. The Morgan fingerprint density at radius 1 is 1.45 bits per heavy atom. The molecule has 1 aromatic rings. The molecule has 1 aliphatic rings. The highest BCUT2D eigenvalue weighted by Gasteiger charge is 2.20. The van der Waals surface area contributed by atoms with Crippen molar-refractivity contribution in [1.29, 1.82) is 0 Å². The van der Waals surface area contributed by atoms with Gasteiger partial charge in [-0.05, 0) is 25.5 Å². The van der Waals surface area contributed by atoms with Crippen LogP contribution in [0.15, 0.2) is 18.2 Å².